The lowest BCUT2D eigenvalue weighted by Gasteiger charge is -2.53. The van der Waals surface area contributed by atoms with Gasteiger partial charge in [0.25, 0.3) is 0 Å². The predicted molar refractivity (Wildman–Crippen MR) is 103 cm³/mol. The van der Waals surface area contributed by atoms with Gasteiger partial charge in [0.2, 0.25) is 0 Å². The molecular weight excluding hydrogens is 375 g/mol. The summed E-state index contributed by atoms with van der Waals surface area (Å²) in [6.07, 6.45) is 6.07. The molecule has 2 heterocycles. The zero-order valence-electron chi connectivity index (χ0n) is 15.8. The molecular formula is C22H19FN2O4. The van der Waals surface area contributed by atoms with Crippen LogP contribution in [-0.4, -0.2) is 28.8 Å². The molecule has 0 radical (unpaired) electrons. The fourth-order valence-corrected chi connectivity index (χ4v) is 4.62. The van der Waals surface area contributed by atoms with Crippen LogP contribution in [0.1, 0.15) is 47.5 Å². The number of carbonyl (C=O) groups is 2. The van der Waals surface area contributed by atoms with Crippen molar-refractivity contribution in [1.82, 2.24) is 9.97 Å². The summed E-state index contributed by atoms with van der Waals surface area (Å²) in [6, 6.07) is 6.41. The second-order valence-electron chi connectivity index (χ2n) is 8.05. The molecule has 0 saturated heterocycles. The number of fused-ring (bicyclic) bond motifs is 1. The number of rotatable bonds is 4. The van der Waals surface area contributed by atoms with Gasteiger partial charge in [0.1, 0.15) is 34.3 Å². The first-order valence-electron chi connectivity index (χ1n) is 9.51. The first-order chi connectivity index (χ1) is 14.0. The van der Waals surface area contributed by atoms with Crippen molar-refractivity contribution >= 4 is 22.8 Å². The molecule has 1 N–H and O–H groups in total. The Hall–Kier alpha value is -3.22. The van der Waals surface area contributed by atoms with Gasteiger partial charge in [-0.05, 0) is 54.0 Å². The predicted octanol–water partition coefficient (Wildman–Crippen LogP) is 4.51. The zero-order chi connectivity index (χ0) is 20.2. The molecule has 2 aromatic heterocycles. The molecule has 0 amide bonds. The molecule has 0 bridgehead atoms. The molecule has 6 nitrogen and oxygen atoms in total. The fraction of sp³-hybridized carbons (Fsp3) is 0.318. The second kappa shape index (κ2) is 6.40. The van der Waals surface area contributed by atoms with Crippen LogP contribution < -0.4 is 4.74 Å². The highest BCUT2D eigenvalue weighted by atomic mass is 19.1. The molecule has 5 rings (SSSR count). The molecule has 0 atom stereocenters. The van der Waals surface area contributed by atoms with Gasteiger partial charge in [0, 0.05) is 24.4 Å². The van der Waals surface area contributed by atoms with Gasteiger partial charge >= 0.3 is 5.97 Å². The van der Waals surface area contributed by atoms with E-state index in [1.165, 1.54) is 13.2 Å². The highest BCUT2D eigenvalue weighted by molar-refractivity contribution is 5.93. The molecule has 0 aliphatic heterocycles. The summed E-state index contributed by atoms with van der Waals surface area (Å²) in [6.45, 7) is 0. The van der Waals surface area contributed by atoms with Gasteiger partial charge in [-0.2, -0.15) is 0 Å². The first kappa shape index (κ1) is 17.8. The Labute approximate surface area is 166 Å². The van der Waals surface area contributed by atoms with Gasteiger partial charge in [-0.1, -0.05) is 0 Å². The number of halogens is 1. The van der Waals surface area contributed by atoms with Crippen molar-refractivity contribution in [2.24, 2.45) is 5.41 Å². The maximum absolute atomic E-state index is 14.8. The summed E-state index contributed by atoms with van der Waals surface area (Å²) >= 11 is 0. The molecule has 2 saturated carbocycles. The van der Waals surface area contributed by atoms with Crippen molar-refractivity contribution in [3.05, 3.63) is 53.6 Å². The lowest BCUT2D eigenvalue weighted by atomic mass is 9.50. The van der Waals surface area contributed by atoms with E-state index in [9.17, 15) is 14.0 Å². The summed E-state index contributed by atoms with van der Waals surface area (Å²) in [5.74, 6) is -0.160. The molecule has 2 aliphatic carbocycles. The average Bonchev–Trinajstić information content (AvgIpc) is 3.12. The van der Waals surface area contributed by atoms with E-state index in [1.807, 2.05) is 6.07 Å². The van der Waals surface area contributed by atoms with E-state index in [0.29, 0.717) is 24.2 Å². The second-order valence-corrected chi connectivity index (χ2v) is 8.05. The minimum Gasteiger partial charge on any atom is -0.465 e. The molecule has 1 spiro atoms. The Morgan fingerprint density at radius 1 is 1.28 bits per heavy atom. The topological polar surface area (TPSA) is 81.3 Å². The van der Waals surface area contributed by atoms with Crippen LogP contribution in [-0.2, 0) is 9.53 Å². The van der Waals surface area contributed by atoms with Crippen LogP contribution in [0.25, 0.3) is 11.0 Å². The number of pyridine rings is 1. The number of hydrogen-bond donors (Lipinski definition) is 1. The molecule has 29 heavy (non-hydrogen) atoms. The molecule has 7 heteroatoms. The molecule has 1 aromatic carbocycles. The number of aromatic nitrogens is 2. The average molecular weight is 394 g/mol. The Bertz CT molecular complexity index is 1140. The Morgan fingerprint density at radius 2 is 2.07 bits per heavy atom. The molecule has 148 valence electrons. The summed E-state index contributed by atoms with van der Waals surface area (Å²) < 4.78 is 25.5. The lowest BCUT2D eigenvalue weighted by Crippen LogP contribution is -2.47. The number of methoxy groups -OCH3 is 1. The van der Waals surface area contributed by atoms with Crippen LogP contribution in [0.4, 0.5) is 4.39 Å². The lowest BCUT2D eigenvalue weighted by molar-refractivity contribution is -0.139. The molecule has 2 aliphatic rings. The number of aromatic amines is 1. The van der Waals surface area contributed by atoms with E-state index in [0.717, 1.165) is 23.9 Å². The van der Waals surface area contributed by atoms with Crippen LogP contribution in [0.3, 0.4) is 0 Å². The third kappa shape index (κ3) is 2.97. The highest BCUT2D eigenvalue weighted by Gasteiger charge is 2.53. The molecule has 0 unspecified atom stereocenters. The Morgan fingerprint density at radius 3 is 2.79 bits per heavy atom. The van der Waals surface area contributed by atoms with Crippen molar-refractivity contribution in [2.45, 2.75) is 31.6 Å². The summed E-state index contributed by atoms with van der Waals surface area (Å²) in [4.78, 5) is 30.8. The summed E-state index contributed by atoms with van der Waals surface area (Å²) in [5.41, 5.74) is 1.31. The number of Topliss-reactive ketones (excluding diaryl/α,β-unsaturated/α-hetero) is 1. The quantitative estimate of drug-likeness (QED) is 0.659. The van der Waals surface area contributed by atoms with Crippen LogP contribution >= 0.6 is 0 Å². The van der Waals surface area contributed by atoms with Crippen LogP contribution in [0.2, 0.25) is 0 Å². The largest absolute Gasteiger partial charge is 0.465 e. The van der Waals surface area contributed by atoms with E-state index in [2.05, 4.69) is 9.97 Å². The monoisotopic (exact) mass is 394 g/mol. The van der Waals surface area contributed by atoms with Crippen molar-refractivity contribution in [3.63, 3.8) is 0 Å². The number of ether oxygens (including phenoxy) is 2. The Kier molecular flexibility index (Phi) is 3.94. The van der Waals surface area contributed by atoms with E-state index >= 15 is 0 Å². The van der Waals surface area contributed by atoms with Gasteiger partial charge in [-0.25, -0.2) is 14.2 Å². The summed E-state index contributed by atoms with van der Waals surface area (Å²) in [7, 11) is 1.24. The van der Waals surface area contributed by atoms with E-state index < -0.39 is 11.8 Å². The van der Waals surface area contributed by atoms with Gasteiger partial charge < -0.3 is 14.5 Å². The van der Waals surface area contributed by atoms with Gasteiger partial charge in [-0.15, -0.1) is 0 Å². The van der Waals surface area contributed by atoms with Crippen molar-refractivity contribution < 1.29 is 23.5 Å². The van der Waals surface area contributed by atoms with Crippen molar-refractivity contribution in [3.8, 4) is 11.5 Å². The number of H-pyrrole nitrogens is 1. The summed E-state index contributed by atoms with van der Waals surface area (Å²) in [5, 5.41) is 0.861. The number of benzene rings is 1. The SMILES string of the molecule is COC(=O)c1cc(F)c(C2CC3(CC(=O)C3)C2)cc1Oc1cnc2[nH]ccc2c1. The zero-order valence-corrected chi connectivity index (χ0v) is 15.8. The van der Waals surface area contributed by atoms with Crippen molar-refractivity contribution in [1.29, 1.82) is 0 Å². The fourth-order valence-electron chi connectivity index (χ4n) is 4.62. The third-order valence-electron chi connectivity index (χ3n) is 6.05. The van der Waals surface area contributed by atoms with Gasteiger partial charge in [-0.3, -0.25) is 4.79 Å². The van der Waals surface area contributed by atoms with E-state index in [1.54, 1.807) is 24.5 Å². The number of carbonyl (C=O) groups excluding carboxylic acids is 2. The van der Waals surface area contributed by atoms with E-state index in [-0.39, 0.29) is 28.4 Å². The maximum Gasteiger partial charge on any atom is 0.341 e. The smallest absolute Gasteiger partial charge is 0.341 e. The van der Waals surface area contributed by atoms with Gasteiger partial charge in [0.15, 0.2) is 0 Å². The van der Waals surface area contributed by atoms with E-state index in [4.69, 9.17) is 9.47 Å². The normalized spacial score (nSPS) is 17.8. The minimum absolute atomic E-state index is 0.0161. The number of hydrogen-bond acceptors (Lipinski definition) is 5. The van der Waals surface area contributed by atoms with Crippen molar-refractivity contribution in [2.75, 3.05) is 7.11 Å². The minimum atomic E-state index is -0.671. The molecule has 3 aromatic rings. The molecule has 2 fully saturated rings. The maximum atomic E-state index is 14.8. The highest BCUT2D eigenvalue weighted by Crippen LogP contribution is 2.61. The van der Waals surface area contributed by atoms with Crippen LogP contribution in [0.5, 0.6) is 11.5 Å². The first-order valence-corrected chi connectivity index (χ1v) is 9.51. The van der Waals surface area contributed by atoms with Gasteiger partial charge in [0.05, 0.1) is 13.3 Å². The number of nitrogens with zero attached hydrogens (tertiary/aromatic N) is 1. The number of esters is 1. The standard InChI is InChI=1S/C22H19FN2O4/c1-28-21(27)17-5-18(23)16(13-7-22(8-13)9-14(26)10-22)6-19(17)29-15-4-12-2-3-24-20(12)25-11-15/h2-6,11,13H,7-10H2,1H3,(H,24,25). The number of nitrogens with one attached hydrogen (secondary N) is 1. The third-order valence-corrected chi connectivity index (χ3v) is 6.05. The van der Waals surface area contributed by atoms with Crippen LogP contribution in [0.15, 0.2) is 36.7 Å². The Balaban J connectivity index is 1.48. The van der Waals surface area contributed by atoms with Crippen LogP contribution in [0, 0.1) is 11.2 Å². The number of ketones is 1.